The molecule has 3 heterocycles. The van der Waals surface area contributed by atoms with E-state index in [0.29, 0.717) is 5.65 Å². The van der Waals surface area contributed by atoms with E-state index in [1.165, 1.54) is 18.1 Å². The molecule has 3 rings (SSSR count). The first-order valence-corrected chi connectivity index (χ1v) is 7.48. The van der Waals surface area contributed by atoms with Gasteiger partial charge in [-0.1, -0.05) is 13.3 Å². The van der Waals surface area contributed by atoms with Crippen LogP contribution in [0, 0.1) is 0 Å². The van der Waals surface area contributed by atoms with Crippen molar-refractivity contribution in [2.24, 2.45) is 0 Å². The Morgan fingerprint density at radius 1 is 1.10 bits per heavy atom. The van der Waals surface area contributed by atoms with Crippen molar-refractivity contribution in [2.45, 2.75) is 29.8 Å². The Morgan fingerprint density at radius 2 is 1.90 bits per heavy atom. The summed E-state index contributed by atoms with van der Waals surface area (Å²) in [5, 5.41) is 4.84. The minimum absolute atomic E-state index is 0.660. The Balaban J connectivity index is 2.03. The van der Waals surface area contributed by atoms with E-state index in [1.54, 1.807) is 12.7 Å². The molecule has 0 saturated carbocycles. The highest BCUT2D eigenvalue weighted by molar-refractivity contribution is 7.99. The van der Waals surface area contributed by atoms with Gasteiger partial charge in [-0.3, -0.25) is 0 Å². The highest BCUT2D eigenvalue weighted by Crippen LogP contribution is 2.33. The van der Waals surface area contributed by atoms with E-state index in [0.717, 1.165) is 39.8 Å². The van der Waals surface area contributed by atoms with Crippen molar-refractivity contribution in [1.29, 1.82) is 0 Å². The quantitative estimate of drug-likeness (QED) is 0.698. The molecule has 0 bridgehead atoms. The molecule has 3 aromatic rings. The van der Waals surface area contributed by atoms with Crippen LogP contribution in [0.3, 0.4) is 0 Å². The van der Waals surface area contributed by atoms with Gasteiger partial charge in [-0.25, -0.2) is 24.9 Å². The van der Waals surface area contributed by atoms with Gasteiger partial charge in [-0.05, 0) is 18.2 Å². The summed E-state index contributed by atoms with van der Waals surface area (Å²) in [4.78, 5) is 24.4. The molecule has 0 unspecified atom stereocenters. The molecule has 3 aromatic heterocycles. The van der Waals surface area contributed by atoms with E-state index in [1.807, 2.05) is 7.05 Å². The molecule has 0 aromatic carbocycles. The second-order valence-corrected chi connectivity index (χ2v) is 5.37. The zero-order valence-electron chi connectivity index (χ0n) is 11.8. The number of anilines is 1. The lowest BCUT2D eigenvalue weighted by Gasteiger charge is -2.11. The van der Waals surface area contributed by atoms with E-state index < -0.39 is 0 Å². The van der Waals surface area contributed by atoms with E-state index in [2.05, 4.69) is 42.1 Å². The third-order valence-electron chi connectivity index (χ3n) is 3.02. The van der Waals surface area contributed by atoms with E-state index in [4.69, 9.17) is 0 Å². The monoisotopic (exact) mass is 301 g/mol. The Hall–Kier alpha value is -2.22. The van der Waals surface area contributed by atoms with Crippen molar-refractivity contribution in [3.63, 3.8) is 0 Å². The van der Waals surface area contributed by atoms with Crippen molar-refractivity contribution in [3.05, 3.63) is 24.5 Å². The van der Waals surface area contributed by atoms with Gasteiger partial charge in [-0.2, -0.15) is 0 Å². The normalized spacial score (nSPS) is 11.0. The van der Waals surface area contributed by atoms with Gasteiger partial charge in [0.1, 0.15) is 34.0 Å². The number of hydrogen-bond acceptors (Lipinski definition) is 7. The Morgan fingerprint density at radius 3 is 2.71 bits per heavy atom. The molecule has 0 aliphatic rings. The minimum atomic E-state index is 0.660. The van der Waals surface area contributed by atoms with Crippen LogP contribution in [0.5, 0.6) is 0 Å². The maximum absolute atomic E-state index is 4.41. The summed E-state index contributed by atoms with van der Waals surface area (Å²) in [5.41, 5.74) is 2.60. The predicted molar refractivity (Wildman–Crippen MR) is 81.4 cm³/mol. The highest BCUT2D eigenvalue weighted by Gasteiger charge is 2.14. The van der Waals surface area contributed by atoms with E-state index in [-0.39, 0.29) is 0 Å². The van der Waals surface area contributed by atoms with Crippen molar-refractivity contribution < 1.29 is 0 Å². The zero-order chi connectivity index (χ0) is 14.7. The van der Waals surface area contributed by atoms with Crippen molar-refractivity contribution >= 4 is 28.7 Å². The summed E-state index contributed by atoms with van der Waals surface area (Å²) in [5.74, 6) is 0.865. The molecule has 8 heteroatoms. The first-order chi connectivity index (χ1) is 10.3. The average molecular weight is 301 g/mol. The first-order valence-electron chi connectivity index (χ1n) is 6.67. The van der Waals surface area contributed by atoms with E-state index >= 15 is 0 Å². The number of aromatic amines is 1. The summed E-state index contributed by atoms with van der Waals surface area (Å²) < 4.78 is 0. The number of imidazole rings is 1. The molecule has 0 atom stereocenters. The lowest BCUT2D eigenvalue weighted by Crippen LogP contribution is -2.02. The lowest BCUT2D eigenvalue weighted by atomic mass is 10.2. The van der Waals surface area contributed by atoms with Crippen LogP contribution in [0.25, 0.3) is 11.2 Å². The van der Waals surface area contributed by atoms with Crippen LogP contribution < -0.4 is 5.32 Å². The van der Waals surface area contributed by atoms with Gasteiger partial charge >= 0.3 is 0 Å². The molecule has 0 aliphatic heterocycles. The predicted octanol–water partition coefficient (Wildman–Crippen LogP) is 2.29. The molecule has 108 valence electrons. The van der Waals surface area contributed by atoms with Gasteiger partial charge in [-0.15, -0.1) is 0 Å². The molecule has 21 heavy (non-hydrogen) atoms. The molecule has 0 amide bonds. The largest absolute Gasteiger partial charge is 0.373 e. The molecule has 0 aliphatic carbocycles. The van der Waals surface area contributed by atoms with Crippen LogP contribution in [-0.2, 0) is 6.42 Å². The lowest BCUT2D eigenvalue weighted by molar-refractivity contribution is 0.857. The Bertz CT molecular complexity index is 755. The molecule has 0 spiro atoms. The van der Waals surface area contributed by atoms with Crippen molar-refractivity contribution in [2.75, 3.05) is 12.4 Å². The van der Waals surface area contributed by atoms with E-state index in [9.17, 15) is 0 Å². The molecular formula is C13H15N7S. The smallest absolute Gasteiger partial charge is 0.181 e. The summed E-state index contributed by atoms with van der Waals surface area (Å²) in [6.07, 6.45) is 6.65. The van der Waals surface area contributed by atoms with Crippen LogP contribution in [0.15, 0.2) is 29.0 Å². The summed E-state index contributed by atoms with van der Waals surface area (Å²) >= 11 is 1.50. The van der Waals surface area contributed by atoms with Crippen LogP contribution in [0.1, 0.15) is 18.9 Å². The number of aromatic nitrogens is 6. The fraction of sp³-hybridized carbons (Fsp3) is 0.308. The van der Waals surface area contributed by atoms with Crippen LogP contribution in [0.4, 0.5) is 5.82 Å². The maximum Gasteiger partial charge on any atom is 0.181 e. The summed E-state index contributed by atoms with van der Waals surface area (Å²) in [6, 6.07) is 0. The molecule has 0 fully saturated rings. The van der Waals surface area contributed by atoms with Crippen molar-refractivity contribution in [1.82, 2.24) is 29.9 Å². The Kier molecular flexibility index (Phi) is 3.96. The van der Waals surface area contributed by atoms with Gasteiger partial charge in [0.05, 0.1) is 6.33 Å². The average Bonchev–Trinajstić information content (AvgIpc) is 2.98. The number of hydrogen-bond donors (Lipinski definition) is 2. The van der Waals surface area contributed by atoms with Crippen molar-refractivity contribution in [3.8, 4) is 0 Å². The topological polar surface area (TPSA) is 92.3 Å². The second-order valence-electron chi connectivity index (χ2n) is 4.39. The maximum atomic E-state index is 4.41. The number of nitrogens with zero attached hydrogens (tertiary/aromatic N) is 5. The minimum Gasteiger partial charge on any atom is -0.373 e. The van der Waals surface area contributed by atoms with Crippen LogP contribution >= 0.6 is 11.8 Å². The zero-order valence-corrected chi connectivity index (χ0v) is 12.6. The van der Waals surface area contributed by atoms with Gasteiger partial charge in [0, 0.05) is 12.6 Å². The first kappa shape index (κ1) is 13.7. The Labute approximate surface area is 126 Å². The van der Waals surface area contributed by atoms with Gasteiger partial charge < -0.3 is 10.3 Å². The van der Waals surface area contributed by atoms with Crippen LogP contribution in [0.2, 0.25) is 0 Å². The number of rotatable bonds is 5. The fourth-order valence-electron chi connectivity index (χ4n) is 2.09. The van der Waals surface area contributed by atoms with Gasteiger partial charge in [0.2, 0.25) is 0 Å². The van der Waals surface area contributed by atoms with Gasteiger partial charge in [0.25, 0.3) is 0 Å². The molecule has 0 radical (unpaired) electrons. The third-order valence-corrected chi connectivity index (χ3v) is 4.07. The van der Waals surface area contributed by atoms with Gasteiger partial charge in [0.15, 0.2) is 5.65 Å². The molecule has 2 N–H and O–H groups in total. The SMILES string of the molecule is CCCc1c(NC)ncnc1Sc1ncnc2nc[nH]c12. The standard InChI is InChI=1S/C13H15N7S/c1-3-4-8-10(14-2)16-6-19-12(8)21-13-9-11(17-5-15-9)18-7-20-13/h5-7H,3-4H2,1-2H3,(H,14,16,19)(H,15,17,18,20). The fourth-order valence-corrected chi connectivity index (χ4v) is 3.04. The number of fused-ring (bicyclic) bond motifs is 1. The number of H-pyrrole nitrogens is 1. The molecule has 0 saturated heterocycles. The summed E-state index contributed by atoms with van der Waals surface area (Å²) in [7, 11) is 1.87. The third kappa shape index (κ3) is 2.66. The highest BCUT2D eigenvalue weighted by atomic mass is 32.2. The second kappa shape index (κ2) is 6.04. The molecule has 7 nitrogen and oxygen atoms in total. The number of nitrogens with one attached hydrogen (secondary N) is 2. The summed E-state index contributed by atoms with van der Waals surface area (Å²) in [6.45, 7) is 2.14. The molecular weight excluding hydrogens is 286 g/mol. The van der Waals surface area contributed by atoms with Crippen LogP contribution in [-0.4, -0.2) is 37.0 Å².